The summed E-state index contributed by atoms with van der Waals surface area (Å²) in [5.41, 5.74) is 0. The van der Waals surface area contributed by atoms with Crippen LogP contribution in [0.4, 0.5) is 0 Å². The Labute approximate surface area is 198 Å². The van der Waals surface area contributed by atoms with Gasteiger partial charge in [-0.2, -0.15) is 0 Å². The Morgan fingerprint density at radius 1 is 0.969 bits per heavy atom. The lowest BCUT2D eigenvalue weighted by Gasteiger charge is -2.36. The molecule has 12 heteroatoms. The van der Waals surface area contributed by atoms with Crippen molar-refractivity contribution in [2.45, 2.75) is 47.3 Å². The smallest absolute Gasteiger partial charge is 0.242 e. The highest BCUT2D eigenvalue weighted by atomic mass is 35.5. The van der Waals surface area contributed by atoms with Crippen molar-refractivity contribution >= 4 is 43.2 Å². The van der Waals surface area contributed by atoms with E-state index in [1.807, 2.05) is 0 Å². The van der Waals surface area contributed by atoms with Crippen molar-refractivity contribution < 1.29 is 26.7 Å². The highest BCUT2D eigenvalue weighted by molar-refractivity contribution is 7.89. The van der Waals surface area contributed by atoms with Crippen molar-refractivity contribution in [2.24, 2.45) is 0 Å². The second-order valence-corrected chi connectivity index (χ2v) is 11.6. The summed E-state index contributed by atoms with van der Waals surface area (Å²) in [7, 11) is -7.58. The first kappa shape index (κ1) is 25.4. The van der Waals surface area contributed by atoms with Crippen LogP contribution in [0.15, 0.2) is 58.3 Å². The van der Waals surface area contributed by atoms with E-state index in [9.17, 15) is 21.9 Å². The Hall–Kier alpha value is -1.24. The van der Waals surface area contributed by atoms with Crippen molar-refractivity contribution in [1.82, 2.24) is 9.44 Å². The lowest BCUT2D eigenvalue weighted by Crippen LogP contribution is -2.51. The van der Waals surface area contributed by atoms with E-state index in [2.05, 4.69) is 9.44 Å². The molecule has 1 aliphatic heterocycles. The molecule has 3 N–H and O–H groups in total. The summed E-state index contributed by atoms with van der Waals surface area (Å²) < 4.78 is 61.0. The number of benzene rings is 2. The molecule has 2 aromatic rings. The maximum atomic E-state index is 12.7. The van der Waals surface area contributed by atoms with Gasteiger partial charge in [-0.3, -0.25) is 0 Å². The summed E-state index contributed by atoms with van der Waals surface area (Å²) >= 11 is 11.8. The van der Waals surface area contributed by atoms with Crippen LogP contribution in [0.5, 0.6) is 0 Å². The molecule has 0 radical (unpaired) electrons. The van der Waals surface area contributed by atoms with Crippen molar-refractivity contribution in [2.75, 3.05) is 13.2 Å². The number of hydrogen-bond acceptors (Lipinski definition) is 6. The maximum absolute atomic E-state index is 12.7. The number of aliphatic hydroxyl groups excluding tert-OH is 1. The quantitative estimate of drug-likeness (QED) is 0.465. The summed E-state index contributed by atoms with van der Waals surface area (Å²) in [6, 6.07) is 11.3. The van der Waals surface area contributed by atoms with E-state index in [0.717, 1.165) is 0 Å². The third-order valence-electron chi connectivity index (χ3n) is 5.11. The Kier molecular flexibility index (Phi) is 8.56. The Morgan fingerprint density at radius 2 is 1.66 bits per heavy atom. The van der Waals surface area contributed by atoms with Gasteiger partial charge in [0.1, 0.15) is 4.90 Å². The van der Waals surface area contributed by atoms with Gasteiger partial charge in [0.05, 0.1) is 34.8 Å². The van der Waals surface area contributed by atoms with Gasteiger partial charge in [-0.05, 0) is 55.7 Å². The van der Waals surface area contributed by atoms with Crippen LogP contribution < -0.4 is 9.44 Å². The number of halogens is 2. The number of hydrogen-bond donors (Lipinski definition) is 3. The molecule has 1 heterocycles. The van der Waals surface area contributed by atoms with E-state index in [-0.39, 0.29) is 34.1 Å². The van der Waals surface area contributed by atoms with Crippen LogP contribution in [-0.2, 0) is 24.8 Å². The highest BCUT2D eigenvalue weighted by Crippen LogP contribution is 2.26. The van der Waals surface area contributed by atoms with Gasteiger partial charge >= 0.3 is 0 Å². The average Bonchev–Trinajstić information content (AvgIpc) is 2.75. The maximum Gasteiger partial charge on any atom is 0.242 e. The van der Waals surface area contributed by atoms with E-state index < -0.39 is 32.2 Å². The van der Waals surface area contributed by atoms with Gasteiger partial charge in [0.25, 0.3) is 0 Å². The molecule has 0 amide bonds. The third-order valence-corrected chi connectivity index (χ3v) is 8.83. The van der Waals surface area contributed by atoms with Crippen molar-refractivity contribution in [3.05, 3.63) is 58.6 Å². The molecule has 2 aromatic carbocycles. The molecule has 1 fully saturated rings. The molecule has 0 saturated carbocycles. The molecule has 32 heavy (non-hydrogen) atoms. The standard InChI is InChI=1S/C20H24Cl2N2O6S2/c21-14-5-8-16(9-6-14)31(26,27)23-12-11-15-7-10-18(19(13-25)30-15)24-32(28,29)20-4-2-1-3-17(20)22/h1-6,8-9,15,18-19,23-25H,7,10-13H2/t15-,18+,19-/m0/s1. The molecule has 0 bridgehead atoms. The van der Waals surface area contributed by atoms with Crippen molar-refractivity contribution in [3.63, 3.8) is 0 Å². The molecule has 0 aliphatic carbocycles. The summed E-state index contributed by atoms with van der Waals surface area (Å²) in [5.74, 6) is 0. The minimum absolute atomic E-state index is 0.0444. The zero-order valence-electron chi connectivity index (χ0n) is 16.9. The Balaban J connectivity index is 1.55. The summed E-state index contributed by atoms with van der Waals surface area (Å²) in [5, 5.41) is 10.3. The minimum atomic E-state index is -3.90. The summed E-state index contributed by atoms with van der Waals surface area (Å²) in [6.45, 7) is -0.257. The lowest BCUT2D eigenvalue weighted by atomic mass is 9.98. The minimum Gasteiger partial charge on any atom is -0.394 e. The molecule has 3 rings (SSSR count). The highest BCUT2D eigenvalue weighted by Gasteiger charge is 2.34. The SMILES string of the molecule is O=S(=O)(NCC[C@@H]1CC[C@@H](NS(=O)(=O)c2ccccc2Cl)[C@H](CO)O1)c1ccc(Cl)cc1. The van der Waals surface area contributed by atoms with Crippen LogP contribution in [0.25, 0.3) is 0 Å². The van der Waals surface area contributed by atoms with Gasteiger partial charge < -0.3 is 9.84 Å². The number of ether oxygens (including phenoxy) is 1. The van der Waals surface area contributed by atoms with E-state index in [1.54, 1.807) is 12.1 Å². The monoisotopic (exact) mass is 522 g/mol. The number of aliphatic hydroxyl groups is 1. The number of sulfonamides is 2. The second-order valence-electron chi connectivity index (χ2n) is 7.36. The van der Waals surface area contributed by atoms with Gasteiger partial charge in [0, 0.05) is 11.6 Å². The molecule has 0 unspecified atom stereocenters. The van der Waals surface area contributed by atoms with Gasteiger partial charge in [-0.25, -0.2) is 26.3 Å². The zero-order chi connectivity index (χ0) is 23.4. The first-order valence-electron chi connectivity index (χ1n) is 9.91. The normalized spacial score (nSPS) is 22.0. The number of rotatable bonds is 9. The molecule has 0 aromatic heterocycles. The van der Waals surface area contributed by atoms with Gasteiger partial charge in [-0.15, -0.1) is 0 Å². The van der Waals surface area contributed by atoms with Crippen LogP contribution in [0.3, 0.4) is 0 Å². The van der Waals surface area contributed by atoms with Crippen LogP contribution in [-0.4, -0.2) is 53.3 Å². The van der Waals surface area contributed by atoms with Crippen molar-refractivity contribution in [1.29, 1.82) is 0 Å². The lowest BCUT2D eigenvalue weighted by molar-refractivity contribution is -0.0869. The van der Waals surface area contributed by atoms with E-state index >= 15 is 0 Å². The topological polar surface area (TPSA) is 122 Å². The first-order chi connectivity index (χ1) is 15.1. The average molecular weight is 523 g/mol. The van der Waals surface area contributed by atoms with Gasteiger partial charge in [-0.1, -0.05) is 35.3 Å². The Bertz CT molecular complexity index is 1130. The van der Waals surface area contributed by atoms with Crippen LogP contribution >= 0.6 is 23.2 Å². The molecular formula is C20H24Cl2N2O6S2. The van der Waals surface area contributed by atoms with Gasteiger partial charge in [0.15, 0.2) is 0 Å². The predicted octanol–water partition coefficient (Wildman–Crippen LogP) is 2.55. The van der Waals surface area contributed by atoms with Crippen LogP contribution in [0.2, 0.25) is 10.0 Å². The molecular weight excluding hydrogens is 499 g/mol. The van der Waals surface area contributed by atoms with Crippen molar-refractivity contribution in [3.8, 4) is 0 Å². The summed E-state index contributed by atoms with van der Waals surface area (Å²) in [4.78, 5) is 0.0610. The fourth-order valence-corrected chi connectivity index (χ4v) is 6.45. The van der Waals surface area contributed by atoms with Gasteiger partial charge in [0.2, 0.25) is 20.0 Å². The molecule has 3 atom stereocenters. The zero-order valence-corrected chi connectivity index (χ0v) is 20.1. The fourth-order valence-electron chi connectivity index (χ4n) is 3.46. The number of nitrogens with one attached hydrogen (secondary N) is 2. The molecule has 8 nitrogen and oxygen atoms in total. The molecule has 1 saturated heterocycles. The fraction of sp³-hybridized carbons (Fsp3) is 0.400. The summed E-state index contributed by atoms with van der Waals surface area (Å²) in [6.07, 6.45) is 0.186. The second kappa shape index (κ2) is 10.8. The van der Waals surface area contributed by atoms with E-state index in [1.165, 1.54) is 36.4 Å². The largest absolute Gasteiger partial charge is 0.394 e. The Morgan fingerprint density at radius 3 is 2.31 bits per heavy atom. The van der Waals surface area contributed by atoms with Crippen LogP contribution in [0.1, 0.15) is 19.3 Å². The molecule has 1 aliphatic rings. The molecule has 176 valence electrons. The molecule has 0 spiro atoms. The van der Waals surface area contributed by atoms with Crippen LogP contribution in [0, 0.1) is 0 Å². The van der Waals surface area contributed by atoms with E-state index in [4.69, 9.17) is 27.9 Å². The first-order valence-corrected chi connectivity index (χ1v) is 13.6. The predicted molar refractivity (Wildman–Crippen MR) is 122 cm³/mol. The van der Waals surface area contributed by atoms with E-state index in [0.29, 0.717) is 24.3 Å². The third kappa shape index (κ3) is 6.42.